The van der Waals surface area contributed by atoms with Gasteiger partial charge in [0.1, 0.15) is 27.6 Å². The van der Waals surface area contributed by atoms with Gasteiger partial charge in [-0.05, 0) is 38.0 Å². The number of primary amides is 1. The first kappa shape index (κ1) is 25.6. The lowest BCUT2D eigenvalue weighted by Crippen LogP contribution is -2.22. The van der Waals surface area contributed by atoms with Crippen LogP contribution in [-0.2, 0) is 11.3 Å². The van der Waals surface area contributed by atoms with Crippen molar-refractivity contribution in [2.75, 3.05) is 5.32 Å². The van der Waals surface area contributed by atoms with Crippen LogP contribution in [-0.4, -0.2) is 26.6 Å². The van der Waals surface area contributed by atoms with E-state index in [1.54, 1.807) is 6.07 Å². The molecule has 1 saturated carbocycles. The lowest BCUT2D eigenvalue weighted by Gasteiger charge is -2.11. The Kier molecular flexibility index (Phi) is 6.71. The van der Waals surface area contributed by atoms with E-state index in [4.69, 9.17) is 17.3 Å². The number of carbonyl (C=O) groups excluding carboxylic acids is 2. The Bertz CT molecular complexity index is 1540. The summed E-state index contributed by atoms with van der Waals surface area (Å²) < 4.78 is 55.2. The van der Waals surface area contributed by atoms with Gasteiger partial charge in [0.25, 0.3) is 18.8 Å². The largest absolute Gasteiger partial charge is 0.365 e. The van der Waals surface area contributed by atoms with Gasteiger partial charge in [0.2, 0.25) is 5.91 Å². The van der Waals surface area contributed by atoms with Gasteiger partial charge in [-0.3, -0.25) is 14.3 Å². The van der Waals surface area contributed by atoms with E-state index in [1.165, 1.54) is 17.4 Å². The maximum Gasteiger partial charge on any atom is 0.283 e. The van der Waals surface area contributed by atoms with Crippen molar-refractivity contribution in [2.24, 2.45) is 5.73 Å². The van der Waals surface area contributed by atoms with E-state index >= 15 is 0 Å². The molecule has 194 valence electrons. The number of nitrogens with one attached hydrogen (secondary N) is 1. The number of aromatic nitrogens is 3. The zero-order valence-corrected chi connectivity index (χ0v) is 21.4. The summed E-state index contributed by atoms with van der Waals surface area (Å²) in [5.41, 5.74) is 5.21. The molecule has 0 radical (unpaired) electrons. The van der Waals surface area contributed by atoms with E-state index < -0.39 is 42.6 Å². The number of nitrogens with zero attached hydrogens (tertiary/aromatic N) is 3. The smallest absolute Gasteiger partial charge is 0.283 e. The van der Waals surface area contributed by atoms with E-state index in [1.807, 2.05) is 13.0 Å². The van der Waals surface area contributed by atoms with Gasteiger partial charge < -0.3 is 11.1 Å². The van der Waals surface area contributed by atoms with Gasteiger partial charge in [-0.1, -0.05) is 11.6 Å². The minimum absolute atomic E-state index is 0.0205. The molecule has 4 aromatic heterocycles. The SMILES string of the molecule is Cc1ccc(-c2cc(C(F)F)nc3sc(C(N)=O)c(NC(=O)Cn4nc(C(F)F)c(Cl)c4C4CC4)c23)s1. The number of halogens is 5. The molecular weight excluding hydrogens is 554 g/mol. The highest BCUT2D eigenvalue weighted by atomic mass is 35.5. The first-order chi connectivity index (χ1) is 17.5. The van der Waals surface area contributed by atoms with Crippen LogP contribution in [0.15, 0.2) is 18.2 Å². The first-order valence-electron chi connectivity index (χ1n) is 11.0. The molecule has 4 aromatic rings. The average molecular weight is 572 g/mol. The lowest BCUT2D eigenvalue weighted by molar-refractivity contribution is -0.117. The van der Waals surface area contributed by atoms with Crippen LogP contribution in [0.3, 0.4) is 0 Å². The third-order valence-electron chi connectivity index (χ3n) is 5.82. The Balaban J connectivity index is 1.59. The second kappa shape index (κ2) is 9.69. The molecule has 1 fully saturated rings. The highest BCUT2D eigenvalue weighted by Crippen LogP contribution is 2.46. The summed E-state index contributed by atoms with van der Waals surface area (Å²) in [6, 6.07) is 4.78. The van der Waals surface area contributed by atoms with Crippen molar-refractivity contribution in [3.8, 4) is 10.4 Å². The molecule has 14 heteroatoms. The molecule has 1 aliphatic rings. The van der Waals surface area contributed by atoms with Crippen molar-refractivity contribution < 1.29 is 27.2 Å². The number of amides is 2. The number of anilines is 1. The average Bonchev–Trinajstić information content (AvgIpc) is 3.31. The van der Waals surface area contributed by atoms with Crippen molar-refractivity contribution in [1.29, 1.82) is 0 Å². The molecule has 0 bridgehead atoms. The molecular formula is C23H18ClF4N5O2S2. The summed E-state index contributed by atoms with van der Waals surface area (Å²) in [7, 11) is 0. The van der Waals surface area contributed by atoms with E-state index in [2.05, 4.69) is 15.4 Å². The Morgan fingerprint density at radius 3 is 2.51 bits per heavy atom. The number of aryl methyl sites for hydroxylation is 1. The third kappa shape index (κ3) is 4.82. The second-order valence-corrected chi connectivity index (χ2v) is 11.2. The maximum absolute atomic E-state index is 13.6. The minimum Gasteiger partial charge on any atom is -0.365 e. The van der Waals surface area contributed by atoms with Gasteiger partial charge in [-0.2, -0.15) is 5.10 Å². The van der Waals surface area contributed by atoms with Gasteiger partial charge in [0.15, 0.2) is 0 Å². The zero-order chi connectivity index (χ0) is 26.6. The van der Waals surface area contributed by atoms with Crippen LogP contribution < -0.4 is 11.1 Å². The number of alkyl halides is 4. The Morgan fingerprint density at radius 1 is 1.22 bits per heavy atom. The summed E-state index contributed by atoms with van der Waals surface area (Å²) in [6.45, 7) is 1.40. The van der Waals surface area contributed by atoms with Gasteiger partial charge in [0.05, 0.1) is 16.4 Å². The van der Waals surface area contributed by atoms with Crippen molar-refractivity contribution in [2.45, 2.75) is 45.1 Å². The topological polar surface area (TPSA) is 103 Å². The molecule has 1 aliphatic carbocycles. The summed E-state index contributed by atoms with van der Waals surface area (Å²) in [5.74, 6) is -1.64. The molecule has 0 atom stereocenters. The standard InChI is InChI=1S/C23H18ClF4N5O2S2/c1-8-2-5-12(36-8)10-6-11(20(25)26)30-23-14(10)16(19(37-23)22(29)35)31-13(34)7-33-18(9-3-4-9)15(24)17(32-33)21(27)28/h2,5-6,9,20-21H,3-4,7H2,1H3,(H2,29,35)(H,31,34). The molecule has 0 aromatic carbocycles. The number of hydrogen-bond donors (Lipinski definition) is 2. The van der Waals surface area contributed by atoms with E-state index in [0.717, 1.165) is 33.7 Å². The van der Waals surface area contributed by atoms with E-state index in [-0.39, 0.29) is 31.7 Å². The van der Waals surface area contributed by atoms with Crippen molar-refractivity contribution in [3.63, 3.8) is 0 Å². The van der Waals surface area contributed by atoms with Crippen LogP contribution in [0.4, 0.5) is 23.2 Å². The number of pyridine rings is 1. The molecule has 0 spiro atoms. The molecule has 0 saturated heterocycles. The highest BCUT2D eigenvalue weighted by Gasteiger charge is 2.34. The van der Waals surface area contributed by atoms with Gasteiger partial charge in [-0.25, -0.2) is 22.5 Å². The van der Waals surface area contributed by atoms with Crippen LogP contribution in [0.5, 0.6) is 0 Å². The monoisotopic (exact) mass is 571 g/mol. The summed E-state index contributed by atoms with van der Waals surface area (Å²) in [5, 5.41) is 6.60. The summed E-state index contributed by atoms with van der Waals surface area (Å²) >= 11 is 8.27. The van der Waals surface area contributed by atoms with Gasteiger partial charge >= 0.3 is 0 Å². The fraction of sp³-hybridized carbons (Fsp3) is 0.304. The predicted octanol–water partition coefficient (Wildman–Crippen LogP) is 6.67. The minimum atomic E-state index is -2.91. The van der Waals surface area contributed by atoms with Crippen LogP contribution in [0, 0.1) is 6.92 Å². The Labute approximate surface area is 220 Å². The molecule has 2 amide bonds. The first-order valence-corrected chi connectivity index (χ1v) is 13.0. The molecule has 3 N–H and O–H groups in total. The Hall–Kier alpha value is -3.03. The fourth-order valence-corrected chi connectivity index (χ4v) is 6.37. The zero-order valence-electron chi connectivity index (χ0n) is 19.0. The number of fused-ring (bicyclic) bond motifs is 1. The maximum atomic E-state index is 13.6. The van der Waals surface area contributed by atoms with Gasteiger partial charge in [0, 0.05) is 26.6 Å². The summed E-state index contributed by atoms with van der Waals surface area (Å²) in [6.07, 6.45) is -4.31. The predicted molar refractivity (Wildman–Crippen MR) is 134 cm³/mol. The number of hydrogen-bond acceptors (Lipinski definition) is 6. The number of carbonyl (C=O) groups is 2. The van der Waals surface area contributed by atoms with E-state index in [9.17, 15) is 27.2 Å². The van der Waals surface area contributed by atoms with Crippen LogP contribution in [0.25, 0.3) is 20.7 Å². The third-order valence-corrected chi connectivity index (χ3v) is 8.34. The highest BCUT2D eigenvalue weighted by molar-refractivity contribution is 7.21. The van der Waals surface area contributed by atoms with E-state index in [0.29, 0.717) is 16.1 Å². The Morgan fingerprint density at radius 2 is 1.95 bits per heavy atom. The fourth-order valence-electron chi connectivity index (χ4n) is 4.09. The number of thiophene rings is 2. The lowest BCUT2D eigenvalue weighted by atomic mass is 10.1. The van der Waals surface area contributed by atoms with Crippen LogP contribution in [0.1, 0.15) is 63.2 Å². The van der Waals surface area contributed by atoms with Crippen LogP contribution in [0.2, 0.25) is 5.02 Å². The summed E-state index contributed by atoms with van der Waals surface area (Å²) in [4.78, 5) is 31.0. The van der Waals surface area contributed by atoms with Crippen molar-refractivity contribution in [1.82, 2.24) is 14.8 Å². The molecule has 7 nitrogen and oxygen atoms in total. The molecule has 0 unspecified atom stereocenters. The molecule has 5 rings (SSSR count). The normalized spacial score (nSPS) is 13.7. The van der Waals surface area contributed by atoms with Gasteiger partial charge in [-0.15, -0.1) is 22.7 Å². The number of rotatable bonds is 8. The van der Waals surface area contributed by atoms with Crippen molar-refractivity contribution >= 4 is 62.0 Å². The molecule has 0 aliphatic heterocycles. The quantitative estimate of drug-likeness (QED) is 0.230. The molecule has 37 heavy (non-hydrogen) atoms. The second-order valence-electron chi connectivity index (χ2n) is 8.52. The molecule has 4 heterocycles. The van der Waals surface area contributed by atoms with Crippen LogP contribution >= 0.6 is 34.3 Å². The van der Waals surface area contributed by atoms with Crippen molar-refractivity contribution in [3.05, 3.63) is 50.1 Å². The number of nitrogens with two attached hydrogens (primary N) is 1.